The van der Waals surface area contributed by atoms with E-state index in [2.05, 4.69) is 12.6 Å². The van der Waals surface area contributed by atoms with Crippen molar-refractivity contribution in [3.63, 3.8) is 0 Å². The molecule has 0 saturated carbocycles. The van der Waals surface area contributed by atoms with Crippen molar-refractivity contribution in [3.05, 3.63) is 34.6 Å². The molecule has 1 aromatic rings. The Hall–Kier alpha value is -0.210. The van der Waals surface area contributed by atoms with Gasteiger partial charge in [-0.2, -0.15) is 12.6 Å². The maximum absolute atomic E-state index is 13.2. The van der Waals surface area contributed by atoms with E-state index in [-0.39, 0.29) is 11.1 Å². The molecule has 0 N–H and O–H groups in total. The lowest BCUT2D eigenvalue weighted by Gasteiger charge is -2.06. The lowest BCUT2D eigenvalue weighted by Crippen LogP contribution is -1.98. The van der Waals surface area contributed by atoms with Crippen LogP contribution in [0.25, 0.3) is 0 Å². The fourth-order valence-corrected chi connectivity index (χ4v) is 1.51. The first-order chi connectivity index (χ1) is 6.11. The fraction of sp³-hybridized carbons (Fsp3) is 0.400. The Bertz CT molecular complexity index is 266. The normalized spacial score (nSPS) is 12.9. The zero-order valence-electron chi connectivity index (χ0n) is 7.43. The molecule has 0 radical (unpaired) electrons. The van der Waals surface area contributed by atoms with Crippen LogP contribution in [0.5, 0.6) is 0 Å². The Morgan fingerprint density at radius 1 is 1.54 bits per heavy atom. The molecule has 0 amide bonds. The molecule has 13 heavy (non-hydrogen) atoms. The van der Waals surface area contributed by atoms with Gasteiger partial charge in [-0.3, -0.25) is 0 Å². The predicted molar refractivity (Wildman–Crippen MR) is 58.2 cm³/mol. The van der Waals surface area contributed by atoms with Crippen LogP contribution in [0.4, 0.5) is 4.39 Å². The Morgan fingerprint density at radius 2 is 2.23 bits per heavy atom. The Balaban J connectivity index is 2.75. The number of hydrogen-bond acceptors (Lipinski definition) is 1. The van der Waals surface area contributed by atoms with E-state index in [4.69, 9.17) is 11.6 Å². The van der Waals surface area contributed by atoms with Crippen LogP contribution >= 0.6 is 24.2 Å². The number of thiol groups is 1. The van der Waals surface area contributed by atoms with Gasteiger partial charge in [0, 0.05) is 10.6 Å². The molecule has 0 heterocycles. The third kappa shape index (κ3) is 3.20. The topological polar surface area (TPSA) is 0 Å². The zero-order valence-corrected chi connectivity index (χ0v) is 9.08. The first-order valence-corrected chi connectivity index (χ1v) is 5.11. The van der Waals surface area contributed by atoms with Gasteiger partial charge in [-0.25, -0.2) is 4.39 Å². The van der Waals surface area contributed by atoms with Crippen molar-refractivity contribution in [2.75, 3.05) is 0 Å². The minimum absolute atomic E-state index is 0.221. The molecule has 3 heteroatoms. The van der Waals surface area contributed by atoms with Gasteiger partial charge in [0.2, 0.25) is 0 Å². The minimum Gasteiger partial charge on any atom is -0.207 e. The molecule has 1 rings (SSSR count). The van der Waals surface area contributed by atoms with E-state index in [1.54, 1.807) is 12.1 Å². The Labute approximate surface area is 88.5 Å². The van der Waals surface area contributed by atoms with Crippen molar-refractivity contribution in [1.29, 1.82) is 0 Å². The van der Waals surface area contributed by atoms with Crippen LogP contribution in [-0.2, 0) is 6.42 Å². The van der Waals surface area contributed by atoms with Gasteiger partial charge in [-0.05, 0) is 30.2 Å². The van der Waals surface area contributed by atoms with Crippen molar-refractivity contribution >= 4 is 24.2 Å². The van der Waals surface area contributed by atoms with E-state index in [9.17, 15) is 4.39 Å². The number of benzene rings is 1. The summed E-state index contributed by atoms with van der Waals surface area (Å²) in [4.78, 5) is 0. The zero-order chi connectivity index (χ0) is 9.84. The monoisotopic (exact) mass is 218 g/mol. The molecule has 1 unspecified atom stereocenters. The lowest BCUT2D eigenvalue weighted by atomic mass is 10.1. The molecular formula is C10H12ClFS. The summed E-state index contributed by atoms with van der Waals surface area (Å²) < 4.78 is 13.2. The summed E-state index contributed by atoms with van der Waals surface area (Å²) in [5.41, 5.74) is 0.602. The van der Waals surface area contributed by atoms with Gasteiger partial charge in [0.1, 0.15) is 5.82 Å². The van der Waals surface area contributed by atoms with Crippen molar-refractivity contribution in [3.8, 4) is 0 Å². The highest BCUT2D eigenvalue weighted by Gasteiger charge is 2.07. The maximum atomic E-state index is 13.2. The number of hydrogen-bond donors (Lipinski definition) is 1. The number of rotatable bonds is 3. The molecule has 1 atom stereocenters. The molecule has 1 aromatic carbocycles. The van der Waals surface area contributed by atoms with Crippen LogP contribution in [0.3, 0.4) is 0 Å². The predicted octanol–water partition coefficient (Wildman–Crippen LogP) is 3.73. The first-order valence-electron chi connectivity index (χ1n) is 4.22. The minimum atomic E-state index is -0.221. The SMILES string of the molecule is CC(S)CCc1c(F)cccc1Cl. The maximum Gasteiger partial charge on any atom is 0.127 e. The molecule has 0 aliphatic rings. The van der Waals surface area contributed by atoms with Crippen LogP contribution < -0.4 is 0 Å². The van der Waals surface area contributed by atoms with Gasteiger partial charge in [-0.1, -0.05) is 24.6 Å². The summed E-state index contributed by atoms with van der Waals surface area (Å²) in [5.74, 6) is -0.221. The average Bonchev–Trinajstić information content (AvgIpc) is 2.03. The first kappa shape index (κ1) is 10.9. The highest BCUT2D eigenvalue weighted by atomic mass is 35.5. The van der Waals surface area contributed by atoms with E-state index in [1.165, 1.54) is 6.07 Å². The van der Waals surface area contributed by atoms with Crippen LogP contribution in [0.2, 0.25) is 5.02 Å². The van der Waals surface area contributed by atoms with Gasteiger partial charge < -0.3 is 0 Å². The summed E-state index contributed by atoms with van der Waals surface area (Å²) in [6.45, 7) is 1.98. The summed E-state index contributed by atoms with van der Waals surface area (Å²) in [7, 11) is 0. The third-order valence-corrected chi connectivity index (χ3v) is 2.49. The second kappa shape index (κ2) is 4.87. The molecule has 0 saturated heterocycles. The molecule has 0 fully saturated rings. The van der Waals surface area contributed by atoms with Crippen molar-refractivity contribution in [2.24, 2.45) is 0 Å². The van der Waals surface area contributed by atoms with Crippen LogP contribution in [-0.4, -0.2) is 5.25 Å². The van der Waals surface area contributed by atoms with E-state index in [0.717, 1.165) is 6.42 Å². The molecule has 0 aromatic heterocycles. The van der Waals surface area contributed by atoms with Crippen molar-refractivity contribution < 1.29 is 4.39 Å². The van der Waals surface area contributed by atoms with Gasteiger partial charge in [-0.15, -0.1) is 0 Å². The molecule has 0 spiro atoms. The van der Waals surface area contributed by atoms with Gasteiger partial charge in [0.05, 0.1) is 0 Å². The fourth-order valence-electron chi connectivity index (χ4n) is 1.12. The van der Waals surface area contributed by atoms with Gasteiger partial charge in [0.15, 0.2) is 0 Å². The largest absolute Gasteiger partial charge is 0.207 e. The molecule has 72 valence electrons. The Morgan fingerprint density at radius 3 is 2.77 bits per heavy atom. The third-order valence-electron chi connectivity index (χ3n) is 1.87. The molecule has 0 aliphatic heterocycles. The van der Waals surface area contributed by atoms with Gasteiger partial charge in [0.25, 0.3) is 0 Å². The molecule has 0 bridgehead atoms. The van der Waals surface area contributed by atoms with Crippen LogP contribution in [0.1, 0.15) is 18.9 Å². The molecule has 0 nitrogen and oxygen atoms in total. The second-order valence-electron chi connectivity index (χ2n) is 3.09. The highest BCUT2D eigenvalue weighted by molar-refractivity contribution is 7.80. The van der Waals surface area contributed by atoms with Crippen LogP contribution in [0.15, 0.2) is 18.2 Å². The Kier molecular flexibility index (Phi) is 4.07. The standard InChI is InChI=1S/C10H12ClFS/c1-7(13)5-6-8-9(11)3-2-4-10(8)12/h2-4,7,13H,5-6H2,1H3. The van der Waals surface area contributed by atoms with E-state index >= 15 is 0 Å². The smallest absolute Gasteiger partial charge is 0.127 e. The second-order valence-corrected chi connectivity index (χ2v) is 4.38. The molecular weight excluding hydrogens is 207 g/mol. The van der Waals surface area contributed by atoms with Crippen molar-refractivity contribution in [1.82, 2.24) is 0 Å². The average molecular weight is 219 g/mol. The lowest BCUT2D eigenvalue weighted by molar-refractivity contribution is 0.604. The summed E-state index contributed by atoms with van der Waals surface area (Å²) in [6, 6.07) is 4.76. The molecule has 0 aliphatic carbocycles. The summed E-state index contributed by atoms with van der Waals surface area (Å²) in [6.07, 6.45) is 1.49. The van der Waals surface area contributed by atoms with E-state index < -0.39 is 0 Å². The van der Waals surface area contributed by atoms with Crippen molar-refractivity contribution in [2.45, 2.75) is 25.0 Å². The highest BCUT2D eigenvalue weighted by Crippen LogP contribution is 2.21. The quantitative estimate of drug-likeness (QED) is 0.735. The van der Waals surface area contributed by atoms with Crippen LogP contribution in [0, 0.1) is 5.82 Å². The number of halogens is 2. The van der Waals surface area contributed by atoms with E-state index in [1.807, 2.05) is 6.92 Å². The van der Waals surface area contributed by atoms with Gasteiger partial charge >= 0.3 is 0 Å². The summed E-state index contributed by atoms with van der Waals surface area (Å²) >= 11 is 10.1. The summed E-state index contributed by atoms with van der Waals surface area (Å²) in [5, 5.41) is 0.782. The van der Waals surface area contributed by atoms with E-state index in [0.29, 0.717) is 17.0 Å².